The minimum Gasteiger partial charge on any atom is -0.356 e. The van der Waals surface area contributed by atoms with E-state index in [9.17, 15) is 13.6 Å². The molecule has 2 nitrogen and oxygen atoms in total. The Hall–Kier alpha value is 0.0200. The maximum Gasteiger partial charge on any atom is 0.278 e. The number of aromatic nitrogens is 1. The average Bonchev–Trinajstić information content (AvgIpc) is 2.09. The van der Waals surface area contributed by atoms with Gasteiger partial charge in [0.25, 0.3) is 6.43 Å². The lowest BCUT2D eigenvalue weighted by Gasteiger charge is -2.04. The predicted molar refractivity (Wildman–Crippen MR) is 57.4 cm³/mol. The van der Waals surface area contributed by atoms with Crippen LogP contribution in [-0.4, -0.2) is 4.98 Å². The van der Waals surface area contributed by atoms with Crippen LogP contribution in [0.2, 0.25) is 0 Å². The molecular formula is C7H5BrF2INO. The number of nitrogens with one attached hydrogen (secondary N) is 1. The smallest absolute Gasteiger partial charge is 0.278 e. The lowest BCUT2D eigenvalue weighted by molar-refractivity contribution is 0.145. The number of hydrogen-bond donors (Lipinski definition) is 1. The van der Waals surface area contributed by atoms with Gasteiger partial charge in [0.15, 0.2) is 5.43 Å². The Kier molecular flexibility index (Phi) is 3.84. The number of rotatable bonds is 2. The second-order valence-electron chi connectivity index (χ2n) is 2.32. The molecule has 0 fully saturated rings. The summed E-state index contributed by atoms with van der Waals surface area (Å²) in [7, 11) is 0. The summed E-state index contributed by atoms with van der Waals surface area (Å²) in [5.74, 6) is 0. The van der Waals surface area contributed by atoms with Crippen molar-refractivity contribution >= 4 is 38.5 Å². The summed E-state index contributed by atoms with van der Waals surface area (Å²) in [6.07, 6.45) is -2.64. The van der Waals surface area contributed by atoms with Crippen LogP contribution in [0.5, 0.6) is 0 Å². The number of alkyl halides is 3. The molecule has 1 rings (SSSR count). The topological polar surface area (TPSA) is 32.9 Å². The van der Waals surface area contributed by atoms with Gasteiger partial charge in [-0.3, -0.25) is 4.79 Å². The maximum atomic E-state index is 12.2. The van der Waals surface area contributed by atoms with E-state index in [4.69, 9.17) is 0 Å². The first-order valence-corrected chi connectivity index (χ1v) is 5.52. The van der Waals surface area contributed by atoms with E-state index in [0.717, 1.165) is 6.07 Å². The van der Waals surface area contributed by atoms with Gasteiger partial charge < -0.3 is 4.98 Å². The molecule has 0 aliphatic carbocycles. The SMILES string of the molecule is O=c1cc(C(F)F)[nH]c(CBr)c1I. The Labute approximate surface area is 95.0 Å². The molecule has 0 amide bonds. The van der Waals surface area contributed by atoms with Crippen LogP contribution in [0.1, 0.15) is 17.8 Å². The molecule has 13 heavy (non-hydrogen) atoms. The van der Waals surface area contributed by atoms with Crippen LogP contribution in [0.25, 0.3) is 0 Å². The number of hydrogen-bond acceptors (Lipinski definition) is 1. The number of H-pyrrole nitrogens is 1. The van der Waals surface area contributed by atoms with Crippen molar-refractivity contribution in [1.82, 2.24) is 4.98 Å². The predicted octanol–water partition coefficient (Wildman–Crippen LogP) is 2.81. The fourth-order valence-electron chi connectivity index (χ4n) is 0.828. The highest BCUT2D eigenvalue weighted by atomic mass is 127. The third kappa shape index (κ3) is 2.49. The van der Waals surface area contributed by atoms with Gasteiger partial charge in [-0.15, -0.1) is 0 Å². The quantitative estimate of drug-likeness (QED) is 0.636. The van der Waals surface area contributed by atoms with Gasteiger partial charge in [0.1, 0.15) is 0 Å². The Morgan fingerprint density at radius 2 is 2.23 bits per heavy atom. The average molecular weight is 364 g/mol. The molecule has 1 heterocycles. The van der Waals surface area contributed by atoms with Gasteiger partial charge in [-0.05, 0) is 22.6 Å². The third-order valence-electron chi connectivity index (χ3n) is 1.43. The van der Waals surface area contributed by atoms with Gasteiger partial charge in [-0.25, -0.2) is 8.78 Å². The molecule has 1 N–H and O–H groups in total. The van der Waals surface area contributed by atoms with E-state index in [1.807, 2.05) is 22.6 Å². The first kappa shape index (κ1) is 11.1. The Morgan fingerprint density at radius 3 is 2.69 bits per heavy atom. The van der Waals surface area contributed by atoms with Crippen LogP contribution in [0, 0.1) is 3.57 Å². The van der Waals surface area contributed by atoms with Crippen molar-refractivity contribution in [1.29, 1.82) is 0 Å². The van der Waals surface area contributed by atoms with E-state index >= 15 is 0 Å². The molecule has 0 saturated carbocycles. The van der Waals surface area contributed by atoms with Crippen LogP contribution >= 0.6 is 38.5 Å². The van der Waals surface area contributed by atoms with Crippen molar-refractivity contribution in [2.75, 3.05) is 0 Å². The fraction of sp³-hybridized carbons (Fsp3) is 0.286. The first-order valence-electron chi connectivity index (χ1n) is 3.32. The molecule has 0 radical (unpaired) electrons. The largest absolute Gasteiger partial charge is 0.356 e. The van der Waals surface area contributed by atoms with Crippen LogP contribution in [0.4, 0.5) is 8.78 Å². The molecule has 72 valence electrons. The second-order valence-corrected chi connectivity index (χ2v) is 3.96. The van der Waals surface area contributed by atoms with E-state index in [0.29, 0.717) is 14.6 Å². The van der Waals surface area contributed by atoms with Crippen LogP contribution < -0.4 is 5.43 Å². The Morgan fingerprint density at radius 1 is 1.62 bits per heavy atom. The zero-order valence-electron chi connectivity index (χ0n) is 6.28. The highest BCUT2D eigenvalue weighted by molar-refractivity contribution is 14.1. The summed E-state index contributed by atoms with van der Waals surface area (Å²) in [6, 6.07) is 0.929. The summed E-state index contributed by atoms with van der Waals surface area (Å²) in [6.45, 7) is 0. The van der Waals surface area contributed by atoms with E-state index in [1.165, 1.54) is 0 Å². The molecule has 0 aliphatic heterocycles. The summed E-state index contributed by atoms with van der Waals surface area (Å²) in [5, 5.41) is 0.362. The normalized spacial score (nSPS) is 10.8. The van der Waals surface area contributed by atoms with Gasteiger partial charge in [-0.2, -0.15) is 0 Å². The monoisotopic (exact) mass is 363 g/mol. The number of pyridine rings is 1. The van der Waals surface area contributed by atoms with Crippen molar-refractivity contribution in [3.05, 3.63) is 31.2 Å². The van der Waals surface area contributed by atoms with E-state index in [-0.39, 0.29) is 11.1 Å². The van der Waals surface area contributed by atoms with Crippen molar-refractivity contribution in [2.24, 2.45) is 0 Å². The molecule has 1 aromatic rings. The van der Waals surface area contributed by atoms with Crippen LogP contribution in [0.3, 0.4) is 0 Å². The summed E-state index contributed by atoms with van der Waals surface area (Å²) in [5.41, 5.74) is -0.215. The summed E-state index contributed by atoms with van der Waals surface area (Å²) < 4.78 is 24.9. The van der Waals surface area contributed by atoms with E-state index < -0.39 is 6.43 Å². The molecular weight excluding hydrogens is 359 g/mol. The minimum absolute atomic E-state index is 0.333. The van der Waals surface area contributed by atoms with Crippen LogP contribution in [-0.2, 0) is 5.33 Å². The Bertz CT molecular complexity index is 366. The minimum atomic E-state index is -2.64. The lowest BCUT2D eigenvalue weighted by atomic mass is 10.3. The van der Waals surface area contributed by atoms with Gasteiger partial charge in [0.05, 0.1) is 9.26 Å². The first-order chi connectivity index (χ1) is 6.06. The molecule has 6 heteroatoms. The zero-order valence-corrected chi connectivity index (χ0v) is 10.0. The summed E-state index contributed by atoms with van der Waals surface area (Å²) >= 11 is 4.93. The van der Waals surface area contributed by atoms with Gasteiger partial charge >= 0.3 is 0 Å². The van der Waals surface area contributed by atoms with Gasteiger partial charge in [0, 0.05) is 17.1 Å². The Balaban J connectivity index is 3.31. The van der Waals surface area contributed by atoms with Crippen molar-refractivity contribution in [3.63, 3.8) is 0 Å². The molecule has 0 spiro atoms. The molecule has 0 saturated heterocycles. The zero-order chi connectivity index (χ0) is 10.0. The lowest BCUT2D eigenvalue weighted by Crippen LogP contribution is -2.12. The molecule has 0 unspecified atom stereocenters. The highest BCUT2D eigenvalue weighted by Gasteiger charge is 2.12. The van der Waals surface area contributed by atoms with E-state index in [2.05, 4.69) is 20.9 Å². The van der Waals surface area contributed by atoms with Gasteiger partial charge in [0.2, 0.25) is 0 Å². The molecule has 0 bridgehead atoms. The highest BCUT2D eigenvalue weighted by Crippen LogP contribution is 2.17. The van der Waals surface area contributed by atoms with E-state index in [1.54, 1.807) is 0 Å². The molecule has 1 aromatic heterocycles. The molecule has 0 atom stereocenters. The second kappa shape index (κ2) is 4.50. The van der Waals surface area contributed by atoms with Crippen molar-refractivity contribution in [3.8, 4) is 0 Å². The van der Waals surface area contributed by atoms with Crippen molar-refractivity contribution < 1.29 is 8.78 Å². The van der Waals surface area contributed by atoms with Crippen molar-refractivity contribution in [2.45, 2.75) is 11.8 Å². The van der Waals surface area contributed by atoms with Crippen LogP contribution in [0.15, 0.2) is 10.9 Å². The maximum absolute atomic E-state index is 12.2. The number of aromatic amines is 1. The molecule has 0 aromatic carbocycles. The number of halogens is 4. The summed E-state index contributed by atoms with van der Waals surface area (Å²) in [4.78, 5) is 13.6. The third-order valence-corrected chi connectivity index (χ3v) is 3.18. The van der Waals surface area contributed by atoms with Gasteiger partial charge in [-0.1, -0.05) is 15.9 Å². The molecule has 0 aliphatic rings. The standard InChI is InChI=1S/C7H5BrF2INO/c8-2-4-6(11)5(13)1-3(12-4)7(9)10/h1,7H,2H2,(H,12,13). The fourth-order valence-corrected chi connectivity index (χ4v) is 2.25.